The van der Waals surface area contributed by atoms with Gasteiger partial charge < -0.3 is 9.80 Å². The maximum Gasteiger partial charge on any atom is 0.303 e. The number of anilines is 1. The largest absolute Gasteiger partial charge is 0.356 e. The Balaban J connectivity index is 2.10. The summed E-state index contributed by atoms with van der Waals surface area (Å²) in [6.45, 7) is 4.96. The van der Waals surface area contributed by atoms with Crippen LogP contribution < -0.4 is 4.90 Å². The molecule has 2 rings (SSSR count). The van der Waals surface area contributed by atoms with E-state index in [1.807, 2.05) is 0 Å². The van der Waals surface area contributed by atoms with E-state index >= 15 is 0 Å². The number of likely N-dealkylation sites (N-methyl/N-ethyl adjacent to an activating group) is 1. The van der Waals surface area contributed by atoms with Crippen molar-refractivity contribution >= 4 is 22.0 Å². The maximum atomic E-state index is 10.9. The van der Waals surface area contributed by atoms with Crippen molar-refractivity contribution in [1.29, 1.82) is 0 Å². The summed E-state index contributed by atoms with van der Waals surface area (Å²) in [6, 6.07) is 2.11. The predicted molar refractivity (Wildman–Crippen MR) is 69.9 cm³/mol. The first-order chi connectivity index (χ1) is 8.13. The van der Waals surface area contributed by atoms with Crippen molar-refractivity contribution in [3.63, 3.8) is 0 Å². The fourth-order valence-electron chi connectivity index (χ4n) is 2.21. The Morgan fingerprint density at radius 1 is 1.71 bits per heavy atom. The quantitative estimate of drug-likeness (QED) is 0.611. The second kappa shape index (κ2) is 5.01. The van der Waals surface area contributed by atoms with Gasteiger partial charge in [0.2, 0.25) is 0 Å². The molecule has 17 heavy (non-hydrogen) atoms. The summed E-state index contributed by atoms with van der Waals surface area (Å²) in [5.74, 6) is 0. The molecular formula is C11H17N3O2S. The fraction of sp³-hybridized carbons (Fsp3) is 0.636. The van der Waals surface area contributed by atoms with Gasteiger partial charge in [-0.25, -0.2) is 0 Å². The van der Waals surface area contributed by atoms with Crippen molar-refractivity contribution < 1.29 is 4.92 Å². The van der Waals surface area contributed by atoms with Gasteiger partial charge >= 0.3 is 5.69 Å². The van der Waals surface area contributed by atoms with Gasteiger partial charge in [-0.2, -0.15) is 0 Å². The van der Waals surface area contributed by atoms with Gasteiger partial charge in [-0.3, -0.25) is 10.1 Å². The fourth-order valence-corrected chi connectivity index (χ4v) is 3.12. The number of nitrogens with zero attached hydrogens (tertiary/aromatic N) is 3. The van der Waals surface area contributed by atoms with Crippen LogP contribution in [0.3, 0.4) is 0 Å². The number of rotatable bonds is 4. The van der Waals surface area contributed by atoms with Gasteiger partial charge in [0.1, 0.15) is 0 Å². The molecule has 1 atom stereocenters. The Kier molecular flexibility index (Phi) is 3.63. The van der Waals surface area contributed by atoms with Crippen LogP contribution in [-0.2, 0) is 0 Å². The minimum atomic E-state index is -0.289. The van der Waals surface area contributed by atoms with E-state index in [4.69, 9.17) is 0 Å². The molecule has 5 nitrogen and oxygen atoms in total. The van der Waals surface area contributed by atoms with Crippen molar-refractivity contribution in [2.45, 2.75) is 19.4 Å². The zero-order valence-electron chi connectivity index (χ0n) is 10.1. The standard InChI is InChI=1S/C11H17N3O2S/c1-3-12(2)9-4-6-13(8-9)11-10(14(15)16)5-7-17-11/h5,7,9H,3-4,6,8H2,1-2H3. The van der Waals surface area contributed by atoms with Crippen molar-refractivity contribution in [3.8, 4) is 0 Å². The molecule has 0 saturated carbocycles. The van der Waals surface area contributed by atoms with Crippen molar-refractivity contribution in [2.75, 3.05) is 31.6 Å². The van der Waals surface area contributed by atoms with Gasteiger partial charge in [-0.05, 0) is 25.4 Å². The molecular weight excluding hydrogens is 238 g/mol. The van der Waals surface area contributed by atoms with E-state index in [1.54, 1.807) is 11.4 Å². The van der Waals surface area contributed by atoms with Crippen LogP contribution >= 0.6 is 11.3 Å². The van der Waals surface area contributed by atoms with Gasteiger partial charge in [-0.1, -0.05) is 6.92 Å². The molecule has 1 aliphatic heterocycles. The van der Waals surface area contributed by atoms with Gasteiger partial charge in [-0.15, -0.1) is 11.3 Å². The first-order valence-electron chi connectivity index (χ1n) is 5.80. The smallest absolute Gasteiger partial charge is 0.303 e. The third kappa shape index (κ3) is 2.42. The highest BCUT2D eigenvalue weighted by Crippen LogP contribution is 2.36. The van der Waals surface area contributed by atoms with E-state index in [2.05, 4.69) is 23.8 Å². The molecule has 1 aromatic heterocycles. The van der Waals surface area contributed by atoms with Crippen LogP contribution in [0.15, 0.2) is 11.4 Å². The molecule has 0 aliphatic carbocycles. The molecule has 1 unspecified atom stereocenters. The third-order valence-electron chi connectivity index (χ3n) is 3.39. The van der Waals surface area contributed by atoms with E-state index in [0.29, 0.717) is 6.04 Å². The molecule has 0 bridgehead atoms. The average Bonchev–Trinajstić information content (AvgIpc) is 2.95. The number of nitro groups is 1. The first kappa shape index (κ1) is 12.3. The van der Waals surface area contributed by atoms with Gasteiger partial charge in [0.05, 0.1) is 4.92 Å². The minimum absolute atomic E-state index is 0.245. The van der Waals surface area contributed by atoms with E-state index in [1.165, 1.54) is 11.3 Å². The maximum absolute atomic E-state index is 10.9. The molecule has 6 heteroatoms. The molecule has 0 spiro atoms. The summed E-state index contributed by atoms with van der Waals surface area (Å²) >= 11 is 1.46. The van der Waals surface area contributed by atoms with Crippen LogP contribution in [0.1, 0.15) is 13.3 Å². The highest BCUT2D eigenvalue weighted by molar-refractivity contribution is 7.14. The molecule has 0 amide bonds. The third-order valence-corrected chi connectivity index (χ3v) is 4.36. The second-order valence-corrected chi connectivity index (χ2v) is 5.22. The molecule has 1 aromatic rings. The average molecular weight is 255 g/mol. The molecule has 0 radical (unpaired) electrons. The van der Waals surface area contributed by atoms with E-state index in [-0.39, 0.29) is 10.6 Å². The highest BCUT2D eigenvalue weighted by atomic mass is 32.1. The lowest BCUT2D eigenvalue weighted by Crippen LogP contribution is -2.34. The van der Waals surface area contributed by atoms with Crippen molar-refractivity contribution in [1.82, 2.24) is 4.90 Å². The molecule has 0 aromatic carbocycles. The zero-order chi connectivity index (χ0) is 12.4. The molecule has 0 N–H and O–H groups in total. The van der Waals surface area contributed by atoms with Gasteiger partial charge in [0.25, 0.3) is 0 Å². The summed E-state index contributed by atoms with van der Waals surface area (Å²) in [5.41, 5.74) is 0.245. The lowest BCUT2D eigenvalue weighted by molar-refractivity contribution is -0.383. The van der Waals surface area contributed by atoms with E-state index < -0.39 is 0 Å². The monoisotopic (exact) mass is 255 g/mol. The molecule has 1 fully saturated rings. The Hall–Kier alpha value is -1.14. The summed E-state index contributed by atoms with van der Waals surface area (Å²) < 4.78 is 0. The second-order valence-electron chi connectivity index (χ2n) is 4.33. The lowest BCUT2D eigenvalue weighted by Gasteiger charge is -2.22. The summed E-state index contributed by atoms with van der Waals surface area (Å²) in [4.78, 5) is 15.0. The van der Waals surface area contributed by atoms with Crippen LogP contribution in [0.25, 0.3) is 0 Å². The molecule has 1 saturated heterocycles. The van der Waals surface area contributed by atoms with Gasteiger partial charge in [0, 0.05) is 25.2 Å². The SMILES string of the molecule is CCN(C)C1CCN(c2sccc2[N+](=O)[O-])C1. The van der Waals surface area contributed by atoms with Crippen molar-refractivity contribution in [3.05, 3.63) is 21.6 Å². The zero-order valence-corrected chi connectivity index (χ0v) is 10.9. The summed E-state index contributed by atoms with van der Waals surface area (Å²) in [5, 5.41) is 13.5. The van der Waals surface area contributed by atoms with Crippen LogP contribution in [0.4, 0.5) is 10.7 Å². The Labute approximate surface area is 105 Å². The first-order valence-corrected chi connectivity index (χ1v) is 6.68. The van der Waals surface area contributed by atoms with Crippen LogP contribution in [0.2, 0.25) is 0 Å². The molecule has 1 aliphatic rings. The Morgan fingerprint density at radius 3 is 3.12 bits per heavy atom. The molecule has 2 heterocycles. The minimum Gasteiger partial charge on any atom is -0.356 e. The summed E-state index contributed by atoms with van der Waals surface area (Å²) in [6.07, 6.45) is 1.08. The Morgan fingerprint density at radius 2 is 2.47 bits per heavy atom. The van der Waals surface area contributed by atoms with E-state index in [0.717, 1.165) is 31.1 Å². The summed E-state index contributed by atoms with van der Waals surface area (Å²) in [7, 11) is 2.11. The highest BCUT2D eigenvalue weighted by Gasteiger charge is 2.29. The predicted octanol–water partition coefficient (Wildman–Crippen LogP) is 2.19. The number of hydrogen-bond acceptors (Lipinski definition) is 5. The number of hydrogen-bond donors (Lipinski definition) is 0. The topological polar surface area (TPSA) is 49.6 Å². The van der Waals surface area contributed by atoms with Crippen LogP contribution in [-0.4, -0.2) is 42.5 Å². The van der Waals surface area contributed by atoms with Crippen LogP contribution in [0, 0.1) is 10.1 Å². The lowest BCUT2D eigenvalue weighted by atomic mass is 10.2. The Bertz CT molecular complexity index is 407. The normalized spacial score (nSPS) is 20.2. The molecule has 94 valence electrons. The number of thiophene rings is 1. The van der Waals surface area contributed by atoms with Crippen LogP contribution in [0.5, 0.6) is 0 Å². The van der Waals surface area contributed by atoms with Crippen molar-refractivity contribution in [2.24, 2.45) is 0 Å². The van der Waals surface area contributed by atoms with Gasteiger partial charge in [0.15, 0.2) is 5.00 Å². The van der Waals surface area contributed by atoms with E-state index in [9.17, 15) is 10.1 Å².